The second kappa shape index (κ2) is 9.34. The van der Waals surface area contributed by atoms with Gasteiger partial charge < -0.3 is 19.9 Å². The highest BCUT2D eigenvalue weighted by atomic mass is 16.5. The Bertz CT molecular complexity index is 887. The fourth-order valence-corrected chi connectivity index (χ4v) is 3.26. The summed E-state index contributed by atoms with van der Waals surface area (Å²) in [5.41, 5.74) is 1.85. The lowest BCUT2D eigenvalue weighted by molar-refractivity contribution is 0.0599. The Morgan fingerprint density at radius 1 is 0.931 bits per heavy atom. The van der Waals surface area contributed by atoms with E-state index in [1.165, 1.54) is 7.11 Å². The van der Waals surface area contributed by atoms with Crippen LogP contribution in [0, 0.1) is 0 Å². The molecule has 0 atom stereocenters. The number of carbonyl (C=O) groups is 3. The van der Waals surface area contributed by atoms with Gasteiger partial charge in [-0.05, 0) is 49.0 Å². The third-order valence-corrected chi connectivity index (χ3v) is 5.04. The molecular weight excluding hydrogens is 370 g/mol. The number of nitrogens with one attached hydrogen (secondary N) is 1. The van der Waals surface area contributed by atoms with Crippen LogP contribution in [0.15, 0.2) is 48.5 Å². The van der Waals surface area contributed by atoms with Gasteiger partial charge >= 0.3 is 5.97 Å². The third-order valence-electron chi connectivity index (χ3n) is 5.04. The first-order valence-corrected chi connectivity index (χ1v) is 9.63. The molecule has 2 aromatic rings. The van der Waals surface area contributed by atoms with E-state index in [0.717, 1.165) is 19.6 Å². The van der Waals surface area contributed by atoms with Crippen molar-refractivity contribution in [2.45, 2.75) is 6.92 Å². The standard InChI is InChI=1S/C22H25N3O4/c1-3-24-11-13-25(14-12-24)21(27)17-9-7-16(8-10-17)20(26)23-19-6-4-5-18(15-19)22(28)29-2/h4-10,15H,3,11-14H2,1-2H3,(H,23,26). The van der Waals surface area contributed by atoms with Crippen molar-refractivity contribution < 1.29 is 19.1 Å². The molecule has 3 rings (SSSR count). The number of hydrogen-bond donors (Lipinski definition) is 1. The van der Waals surface area contributed by atoms with Gasteiger partial charge in [-0.3, -0.25) is 9.59 Å². The smallest absolute Gasteiger partial charge is 0.337 e. The molecule has 1 aliphatic rings. The number of esters is 1. The highest BCUT2D eigenvalue weighted by Gasteiger charge is 2.21. The van der Waals surface area contributed by atoms with E-state index in [0.29, 0.717) is 35.5 Å². The summed E-state index contributed by atoms with van der Waals surface area (Å²) >= 11 is 0. The maximum atomic E-state index is 12.7. The normalized spacial score (nSPS) is 14.3. The fourth-order valence-electron chi connectivity index (χ4n) is 3.26. The van der Waals surface area contributed by atoms with Crippen LogP contribution in [0.4, 0.5) is 5.69 Å². The Morgan fingerprint density at radius 2 is 1.59 bits per heavy atom. The van der Waals surface area contributed by atoms with Crippen LogP contribution in [0.1, 0.15) is 38.0 Å². The van der Waals surface area contributed by atoms with E-state index >= 15 is 0 Å². The lowest BCUT2D eigenvalue weighted by atomic mass is 10.1. The largest absolute Gasteiger partial charge is 0.465 e. The number of anilines is 1. The van der Waals surface area contributed by atoms with Gasteiger partial charge in [0, 0.05) is 43.0 Å². The van der Waals surface area contributed by atoms with Crippen molar-refractivity contribution in [3.05, 3.63) is 65.2 Å². The van der Waals surface area contributed by atoms with Crippen LogP contribution in [0.3, 0.4) is 0 Å². The van der Waals surface area contributed by atoms with Crippen molar-refractivity contribution >= 4 is 23.5 Å². The first kappa shape index (κ1) is 20.5. The molecule has 2 aromatic carbocycles. The first-order chi connectivity index (χ1) is 14.0. The molecule has 7 nitrogen and oxygen atoms in total. The number of methoxy groups -OCH3 is 1. The van der Waals surface area contributed by atoms with Crippen LogP contribution in [0.5, 0.6) is 0 Å². The van der Waals surface area contributed by atoms with Crippen molar-refractivity contribution in [3.63, 3.8) is 0 Å². The van der Waals surface area contributed by atoms with Crippen LogP contribution in [-0.4, -0.2) is 67.4 Å². The number of amides is 2. The van der Waals surface area contributed by atoms with Gasteiger partial charge in [0.1, 0.15) is 0 Å². The van der Waals surface area contributed by atoms with Gasteiger partial charge in [0.2, 0.25) is 0 Å². The summed E-state index contributed by atoms with van der Waals surface area (Å²) in [7, 11) is 1.31. The Labute approximate surface area is 170 Å². The molecule has 2 amide bonds. The lowest BCUT2D eigenvalue weighted by Crippen LogP contribution is -2.48. The number of nitrogens with zero attached hydrogens (tertiary/aromatic N) is 2. The van der Waals surface area contributed by atoms with Gasteiger partial charge in [-0.1, -0.05) is 13.0 Å². The van der Waals surface area contributed by atoms with Crippen molar-refractivity contribution in [1.82, 2.24) is 9.80 Å². The quantitative estimate of drug-likeness (QED) is 0.787. The zero-order valence-corrected chi connectivity index (χ0v) is 16.7. The molecule has 7 heteroatoms. The highest BCUT2D eigenvalue weighted by molar-refractivity contribution is 6.05. The Morgan fingerprint density at radius 3 is 2.21 bits per heavy atom. The number of rotatable bonds is 5. The lowest BCUT2D eigenvalue weighted by Gasteiger charge is -2.34. The van der Waals surface area contributed by atoms with E-state index < -0.39 is 5.97 Å². The van der Waals surface area contributed by atoms with E-state index in [1.54, 1.807) is 48.5 Å². The predicted molar refractivity (Wildman–Crippen MR) is 110 cm³/mol. The zero-order valence-electron chi connectivity index (χ0n) is 16.7. The summed E-state index contributed by atoms with van der Waals surface area (Å²) in [5.74, 6) is -0.801. The molecule has 0 aliphatic carbocycles. The minimum Gasteiger partial charge on any atom is -0.465 e. The molecule has 152 valence electrons. The highest BCUT2D eigenvalue weighted by Crippen LogP contribution is 2.15. The van der Waals surface area contributed by atoms with Gasteiger partial charge in [0.05, 0.1) is 12.7 Å². The monoisotopic (exact) mass is 395 g/mol. The Kier molecular flexibility index (Phi) is 6.61. The van der Waals surface area contributed by atoms with Gasteiger partial charge in [0.25, 0.3) is 11.8 Å². The number of hydrogen-bond acceptors (Lipinski definition) is 5. The topological polar surface area (TPSA) is 79.0 Å². The summed E-state index contributed by atoms with van der Waals surface area (Å²) in [6.07, 6.45) is 0. The molecule has 1 fully saturated rings. The van der Waals surface area contributed by atoms with Gasteiger partial charge in [-0.25, -0.2) is 4.79 Å². The Balaban J connectivity index is 1.63. The zero-order chi connectivity index (χ0) is 20.8. The number of carbonyl (C=O) groups excluding carboxylic acids is 3. The van der Waals surface area contributed by atoms with E-state index in [2.05, 4.69) is 21.9 Å². The second-order valence-corrected chi connectivity index (χ2v) is 6.83. The molecule has 0 radical (unpaired) electrons. The average molecular weight is 395 g/mol. The SMILES string of the molecule is CCN1CCN(C(=O)c2ccc(C(=O)Nc3cccc(C(=O)OC)c3)cc2)CC1. The third kappa shape index (κ3) is 5.00. The number of piperazine rings is 1. The Hall–Kier alpha value is -3.19. The molecule has 29 heavy (non-hydrogen) atoms. The van der Waals surface area contributed by atoms with Gasteiger partial charge in [-0.2, -0.15) is 0 Å². The summed E-state index contributed by atoms with van der Waals surface area (Å²) < 4.78 is 4.69. The van der Waals surface area contributed by atoms with E-state index in [9.17, 15) is 14.4 Å². The molecule has 0 saturated carbocycles. The predicted octanol–water partition coefficient (Wildman–Crippen LogP) is 2.50. The fraction of sp³-hybridized carbons (Fsp3) is 0.318. The summed E-state index contributed by atoms with van der Waals surface area (Å²) in [6, 6.07) is 13.1. The average Bonchev–Trinajstić information content (AvgIpc) is 2.78. The van der Waals surface area contributed by atoms with E-state index in [1.807, 2.05) is 4.90 Å². The molecule has 0 spiro atoms. The summed E-state index contributed by atoms with van der Waals surface area (Å²) in [6.45, 7) is 6.30. The van der Waals surface area contributed by atoms with E-state index in [-0.39, 0.29) is 11.8 Å². The van der Waals surface area contributed by atoms with Gasteiger partial charge in [0.15, 0.2) is 0 Å². The van der Waals surface area contributed by atoms with E-state index in [4.69, 9.17) is 0 Å². The van der Waals surface area contributed by atoms with Crippen molar-refractivity contribution in [2.24, 2.45) is 0 Å². The van der Waals surface area contributed by atoms with Crippen LogP contribution >= 0.6 is 0 Å². The van der Waals surface area contributed by atoms with Crippen LogP contribution < -0.4 is 5.32 Å². The number of benzene rings is 2. The second-order valence-electron chi connectivity index (χ2n) is 6.83. The number of likely N-dealkylation sites (N-methyl/N-ethyl adjacent to an activating group) is 1. The number of ether oxygens (including phenoxy) is 1. The maximum Gasteiger partial charge on any atom is 0.337 e. The molecule has 1 N–H and O–H groups in total. The molecule has 0 unspecified atom stereocenters. The molecule has 0 aromatic heterocycles. The van der Waals surface area contributed by atoms with Crippen LogP contribution in [-0.2, 0) is 4.74 Å². The van der Waals surface area contributed by atoms with Crippen LogP contribution in [0.25, 0.3) is 0 Å². The summed E-state index contributed by atoms with van der Waals surface area (Å²) in [5, 5.41) is 2.75. The van der Waals surface area contributed by atoms with Crippen LogP contribution in [0.2, 0.25) is 0 Å². The maximum absolute atomic E-state index is 12.7. The first-order valence-electron chi connectivity index (χ1n) is 9.63. The van der Waals surface area contributed by atoms with Crippen molar-refractivity contribution in [2.75, 3.05) is 45.2 Å². The van der Waals surface area contributed by atoms with Crippen molar-refractivity contribution in [1.29, 1.82) is 0 Å². The molecular formula is C22H25N3O4. The summed E-state index contributed by atoms with van der Waals surface area (Å²) in [4.78, 5) is 40.9. The molecule has 1 aliphatic heterocycles. The minimum atomic E-state index is -0.469. The molecule has 1 heterocycles. The minimum absolute atomic E-state index is 0.0153. The molecule has 0 bridgehead atoms. The molecule has 1 saturated heterocycles. The van der Waals surface area contributed by atoms with Crippen molar-refractivity contribution in [3.8, 4) is 0 Å². The van der Waals surface area contributed by atoms with Gasteiger partial charge in [-0.15, -0.1) is 0 Å².